The van der Waals surface area contributed by atoms with Crippen molar-refractivity contribution in [2.75, 3.05) is 19.6 Å². The largest absolute Gasteiger partial charge is 0.307 e. The molecule has 1 aliphatic heterocycles. The Bertz CT molecular complexity index is 377. The number of benzene rings is 1. The summed E-state index contributed by atoms with van der Waals surface area (Å²) in [6, 6.07) is 11.6. The van der Waals surface area contributed by atoms with E-state index in [1.165, 1.54) is 5.56 Å². The molecule has 0 aliphatic carbocycles. The van der Waals surface area contributed by atoms with Gasteiger partial charge >= 0.3 is 0 Å². The van der Waals surface area contributed by atoms with E-state index < -0.39 is 0 Å². The SMILES string of the molecule is C=C(Br)CN1CC(c2ccccc2)NCC1C. The van der Waals surface area contributed by atoms with Gasteiger partial charge in [0.05, 0.1) is 0 Å². The third-order valence-electron chi connectivity index (χ3n) is 3.28. The molecular formula is C14H19BrN2. The zero-order valence-corrected chi connectivity index (χ0v) is 11.8. The first-order valence-electron chi connectivity index (χ1n) is 6.02. The van der Waals surface area contributed by atoms with Crippen molar-refractivity contribution in [2.45, 2.75) is 19.0 Å². The van der Waals surface area contributed by atoms with Crippen LogP contribution >= 0.6 is 15.9 Å². The first-order chi connectivity index (χ1) is 8.16. The minimum atomic E-state index is 0.430. The van der Waals surface area contributed by atoms with Crippen LogP contribution in [0.4, 0.5) is 0 Å². The molecule has 1 saturated heterocycles. The van der Waals surface area contributed by atoms with Crippen LogP contribution in [0.3, 0.4) is 0 Å². The molecular weight excluding hydrogens is 276 g/mol. The second kappa shape index (κ2) is 5.80. The lowest BCUT2D eigenvalue weighted by molar-refractivity contribution is 0.156. The quantitative estimate of drug-likeness (QED) is 0.922. The van der Waals surface area contributed by atoms with Gasteiger partial charge in [-0.15, -0.1) is 0 Å². The molecule has 0 saturated carbocycles. The Hall–Kier alpha value is -0.640. The Morgan fingerprint density at radius 3 is 2.82 bits per heavy atom. The lowest BCUT2D eigenvalue weighted by Crippen LogP contribution is -2.51. The normalized spacial score (nSPS) is 25.8. The Balaban J connectivity index is 2.05. The minimum Gasteiger partial charge on any atom is -0.307 e. The molecule has 2 atom stereocenters. The summed E-state index contributed by atoms with van der Waals surface area (Å²) in [4.78, 5) is 2.46. The maximum absolute atomic E-state index is 3.94. The van der Waals surface area contributed by atoms with Crippen LogP contribution in [0.2, 0.25) is 0 Å². The van der Waals surface area contributed by atoms with E-state index >= 15 is 0 Å². The first kappa shape index (κ1) is 12.8. The first-order valence-corrected chi connectivity index (χ1v) is 6.82. The van der Waals surface area contributed by atoms with Crippen molar-refractivity contribution < 1.29 is 0 Å². The van der Waals surface area contributed by atoms with Crippen molar-refractivity contribution in [3.63, 3.8) is 0 Å². The van der Waals surface area contributed by atoms with E-state index in [-0.39, 0.29) is 0 Å². The maximum atomic E-state index is 3.94. The van der Waals surface area contributed by atoms with Gasteiger partial charge in [0.25, 0.3) is 0 Å². The van der Waals surface area contributed by atoms with Crippen molar-refractivity contribution in [1.29, 1.82) is 0 Å². The summed E-state index contributed by atoms with van der Waals surface area (Å²) in [5.74, 6) is 0. The Kier molecular flexibility index (Phi) is 4.37. The summed E-state index contributed by atoms with van der Waals surface area (Å²) in [5, 5.41) is 3.60. The third-order valence-corrected chi connectivity index (χ3v) is 3.53. The molecule has 1 heterocycles. The summed E-state index contributed by atoms with van der Waals surface area (Å²) in [5.41, 5.74) is 1.37. The average molecular weight is 295 g/mol. The molecule has 2 unspecified atom stereocenters. The van der Waals surface area contributed by atoms with Crippen LogP contribution in [0.25, 0.3) is 0 Å². The van der Waals surface area contributed by atoms with Gasteiger partial charge in [0.2, 0.25) is 0 Å². The minimum absolute atomic E-state index is 0.430. The van der Waals surface area contributed by atoms with E-state index in [1.807, 2.05) is 0 Å². The number of nitrogens with one attached hydrogen (secondary N) is 1. The Labute approximate surface area is 112 Å². The average Bonchev–Trinajstić information content (AvgIpc) is 2.32. The van der Waals surface area contributed by atoms with E-state index in [4.69, 9.17) is 0 Å². The molecule has 0 aromatic heterocycles. The number of hydrogen-bond donors (Lipinski definition) is 1. The summed E-state index contributed by atoms with van der Waals surface area (Å²) >= 11 is 3.46. The predicted octanol–water partition coefficient (Wildman–Crippen LogP) is 2.93. The zero-order chi connectivity index (χ0) is 12.3. The molecule has 3 heteroatoms. The van der Waals surface area contributed by atoms with Gasteiger partial charge in [-0.05, 0) is 12.5 Å². The lowest BCUT2D eigenvalue weighted by atomic mass is 10.0. The van der Waals surface area contributed by atoms with Crippen LogP contribution in [0.5, 0.6) is 0 Å². The molecule has 2 nitrogen and oxygen atoms in total. The van der Waals surface area contributed by atoms with Gasteiger partial charge in [-0.3, -0.25) is 4.90 Å². The van der Waals surface area contributed by atoms with Crippen LogP contribution in [0.1, 0.15) is 18.5 Å². The number of halogens is 1. The highest BCUT2D eigenvalue weighted by Crippen LogP contribution is 2.21. The van der Waals surface area contributed by atoms with Gasteiger partial charge in [-0.1, -0.05) is 52.8 Å². The second-order valence-corrected chi connectivity index (χ2v) is 5.79. The molecule has 1 aliphatic rings. The van der Waals surface area contributed by atoms with Crippen molar-refractivity contribution in [3.8, 4) is 0 Å². The fourth-order valence-electron chi connectivity index (χ4n) is 2.27. The van der Waals surface area contributed by atoms with Crippen molar-refractivity contribution >= 4 is 15.9 Å². The maximum Gasteiger partial charge on any atom is 0.0450 e. The highest BCUT2D eigenvalue weighted by molar-refractivity contribution is 9.11. The molecule has 1 fully saturated rings. The van der Waals surface area contributed by atoms with Gasteiger partial charge in [-0.2, -0.15) is 0 Å². The van der Waals surface area contributed by atoms with Gasteiger partial charge in [0, 0.05) is 36.2 Å². The monoisotopic (exact) mass is 294 g/mol. The Morgan fingerprint density at radius 2 is 2.18 bits per heavy atom. The highest BCUT2D eigenvalue weighted by Gasteiger charge is 2.25. The number of piperazine rings is 1. The number of rotatable bonds is 3. The fraction of sp³-hybridized carbons (Fsp3) is 0.429. The number of nitrogens with zero attached hydrogens (tertiary/aromatic N) is 1. The molecule has 0 radical (unpaired) electrons. The third kappa shape index (κ3) is 3.41. The second-order valence-electron chi connectivity index (χ2n) is 4.67. The van der Waals surface area contributed by atoms with Crippen LogP contribution in [-0.2, 0) is 0 Å². The smallest absolute Gasteiger partial charge is 0.0450 e. The van der Waals surface area contributed by atoms with Crippen molar-refractivity contribution in [3.05, 3.63) is 47.0 Å². The molecule has 2 rings (SSSR count). The predicted molar refractivity (Wildman–Crippen MR) is 76.3 cm³/mol. The molecule has 92 valence electrons. The molecule has 0 bridgehead atoms. The molecule has 1 aromatic carbocycles. The van der Waals surface area contributed by atoms with Gasteiger partial charge in [0.15, 0.2) is 0 Å². The zero-order valence-electron chi connectivity index (χ0n) is 10.2. The van der Waals surface area contributed by atoms with E-state index in [0.717, 1.165) is 24.1 Å². The molecule has 17 heavy (non-hydrogen) atoms. The summed E-state index contributed by atoms with van der Waals surface area (Å²) in [6.45, 7) is 9.18. The summed E-state index contributed by atoms with van der Waals surface area (Å²) in [6.07, 6.45) is 0. The van der Waals surface area contributed by atoms with Crippen LogP contribution in [0, 0.1) is 0 Å². The fourth-order valence-corrected chi connectivity index (χ4v) is 2.59. The Morgan fingerprint density at radius 1 is 1.47 bits per heavy atom. The van der Waals surface area contributed by atoms with Crippen LogP contribution < -0.4 is 5.32 Å². The standard InChI is InChI=1S/C14H19BrN2/c1-11(15)9-17-10-14(16-8-12(17)2)13-6-4-3-5-7-13/h3-7,12,14,16H,1,8-10H2,2H3. The van der Waals surface area contributed by atoms with Gasteiger partial charge < -0.3 is 5.32 Å². The molecule has 0 amide bonds. The highest BCUT2D eigenvalue weighted by atomic mass is 79.9. The lowest BCUT2D eigenvalue weighted by Gasteiger charge is -2.38. The molecule has 1 aromatic rings. The van der Waals surface area contributed by atoms with E-state index in [1.54, 1.807) is 0 Å². The topological polar surface area (TPSA) is 15.3 Å². The van der Waals surface area contributed by atoms with E-state index in [9.17, 15) is 0 Å². The van der Waals surface area contributed by atoms with E-state index in [2.05, 4.69) is 70.0 Å². The van der Waals surface area contributed by atoms with Crippen molar-refractivity contribution in [1.82, 2.24) is 10.2 Å². The summed E-state index contributed by atoms with van der Waals surface area (Å²) < 4.78 is 1.05. The van der Waals surface area contributed by atoms with Gasteiger partial charge in [0.1, 0.15) is 0 Å². The van der Waals surface area contributed by atoms with Gasteiger partial charge in [-0.25, -0.2) is 0 Å². The van der Waals surface area contributed by atoms with Crippen LogP contribution in [-0.4, -0.2) is 30.6 Å². The number of hydrogen-bond acceptors (Lipinski definition) is 2. The molecule has 1 N–H and O–H groups in total. The van der Waals surface area contributed by atoms with Crippen molar-refractivity contribution in [2.24, 2.45) is 0 Å². The van der Waals surface area contributed by atoms with Crippen LogP contribution in [0.15, 0.2) is 41.4 Å². The summed E-state index contributed by atoms with van der Waals surface area (Å²) in [7, 11) is 0. The molecule has 0 spiro atoms. The van der Waals surface area contributed by atoms with E-state index in [0.29, 0.717) is 12.1 Å².